The van der Waals surface area contributed by atoms with Crippen molar-refractivity contribution < 1.29 is 17.9 Å². The lowest BCUT2D eigenvalue weighted by atomic mass is 10.2. The van der Waals surface area contributed by atoms with Gasteiger partial charge in [-0.05, 0) is 37.6 Å². The number of hydrogen-bond donors (Lipinski definition) is 1. The first kappa shape index (κ1) is 24.5. The molecule has 0 aliphatic rings. The maximum atomic E-state index is 12.9. The van der Waals surface area contributed by atoms with Gasteiger partial charge in [-0.2, -0.15) is 9.40 Å². The molecule has 2 aromatic rings. The van der Waals surface area contributed by atoms with Crippen molar-refractivity contribution in [3.05, 3.63) is 46.4 Å². The van der Waals surface area contributed by atoms with Crippen LogP contribution in [0.25, 0.3) is 0 Å². The van der Waals surface area contributed by atoms with Gasteiger partial charge < -0.3 is 10.1 Å². The van der Waals surface area contributed by atoms with Gasteiger partial charge in [-0.1, -0.05) is 27.2 Å². The van der Waals surface area contributed by atoms with Gasteiger partial charge in [0.25, 0.3) is 11.5 Å². The Morgan fingerprint density at radius 3 is 2.45 bits per heavy atom. The Balaban J connectivity index is 2.40. The number of amides is 1. The molecule has 0 aliphatic carbocycles. The summed E-state index contributed by atoms with van der Waals surface area (Å²) in [5.41, 5.74) is -0.0179. The van der Waals surface area contributed by atoms with Crippen molar-refractivity contribution in [3.63, 3.8) is 0 Å². The van der Waals surface area contributed by atoms with E-state index in [0.29, 0.717) is 32.0 Å². The summed E-state index contributed by atoms with van der Waals surface area (Å²) in [4.78, 5) is 24.8. The Kier molecular flexibility index (Phi) is 8.76. The fourth-order valence-corrected chi connectivity index (χ4v) is 4.47. The third-order valence-electron chi connectivity index (χ3n) is 4.66. The van der Waals surface area contributed by atoms with E-state index in [2.05, 4.69) is 10.4 Å². The van der Waals surface area contributed by atoms with Gasteiger partial charge in [0.05, 0.1) is 17.2 Å². The molecular formula is C21H30N4O5S. The molecule has 1 heterocycles. The largest absolute Gasteiger partial charge is 0.492 e. The quantitative estimate of drug-likeness (QED) is 0.564. The minimum Gasteiger partial charge on any atom is -0.492 e. The normalized spacial score (nSPS) is 11.5. The summed E-state index contributed by atoms with van der Waals surface area (Å²) >= 11 is 0. The zero-order chi connectivity index (χ0) is 23.0. The van der Waals surface area contributed by atoms with Crippen LogP contribution in [0, 0.1) is 0 Å². The Morgan fingerprint density at radius 1 is 1.13 bits per heavy atom. The zero-order valence-electron chi connectivity index (χ0n) is 18.4. The van der Waals surface area contributed by atoms with Crippen LogP contribution in [0.2, 0.25) is 0 Å². The summed E-state index contributed by atoms with van der Waals surface area (Å²) in [6.07, 6.45) is 1.65. The first-order chi connectivity index (χ1) is 14.8. The number of hydrogen-bond acceptors (Lipinski definition) is 6. The van der Waals surface area contributed by atoms with E-state index >= 15 is 0 Å². The molecule has 10 heteroatoms. The van der Waals surface area contributed by atoms with Crippen LogP contribution in [0.1, 0.15) is 51.0 Å². The Bertz CT molecular complexity index is 1060. The molecule has 9 nitrogen and oxygen atoms in total. The topological polar surface area (TPSA) is 111 Å². The Hall–Kier alpha value is -2.72. The molecule has 1 aromatic heterocycles. The van der Waals surface area contributed by atoms with Gasteiger partial charge in [-0.15, -0.1) is 0 Å². The van der Waals surface area contributed by atoms with Gasteiger partial charge in [0.1, 0.15) is 11.4 Å². The molecule has 2 rings (SSSR count). The molecule has 1 aromatic carbocycles. The molecule has 1 N–H and O–H groups in total. The maximum Gasteiger partial charge on any atom is 0.276 e. The zero-order valence-corrected chi connectivity index (χ0v) is 19.2. The van der Waals surface area contributed by atoms with E-state index in [9.17, 15) is 18.0 Å². The fourth-order valence-electron chi connectivity index (χ4n) is 2.99. The highest BCUT2D eigenvalue weighted by Crippen LogP contribution is 2.29. The van der Waals surface area contributed by atoms with Gasteiger partial charge >= 0.3 is 0 Å². The fraction of sp³-hybridized carbons (Fsp3) is 0.476. The smallest absolute Gasteiger partial charge is 0.276 e. The second kappa shape index (κ2) is 11.1. The summed E-state index contributed by atoms with van der Waals surface area (Å²) < 4.78 is 33.9. The average Bonchev–Trinajstić information content (AvgIpc) is 2.75. The van der Waals surface area contributed by atoms with Gasteiger partial charge in [0.15, 0.2) is 0 Å². The van der Waals surface area contributed by atoms with Gasteiger partial charge in [0.2, 0.25) is 10.0 Å². The number of sulfonamides is 1. The molecule has 0 fully saturated rings. The van der Waals surface area contributed by atoms with Crippen molar-refractivity contribution in [3.8, 4) is 5.75 Å². The molecule has 0 spiro atoms. The maximum absolute atomic E-state index is 12.9. The first-order valence-corrected chi connectivity index (χ1v) is 11.9. The van der Waals surface area contributed by atoms with E-state index in [0.717, 1.165) is 12.8 Å². The number of ether oxygens (including phenoxy) is 1. The van der Waals surface area contributed by atoms with Crippen LogP contribution < -0.4 is 15.6 Å². The molecule has 1 amide bonds. The van der Waals surface area contributed by atoms with E-state index < -0.39 is 15.9 Å². The third-order valence-corrected chi connectivity index (χ3v) is 6.71. The Morgan fingerprint density at radius 2 is 1.84 bits per heavy atom. The van der Waals surface area contributed by atoms with Crippen molar-refractivity contribution in [1.29, 1.82) is 0 Å². The molecule has 170 valence electrons. The van der Waals surface area contributed by atoms with Crippen molar-refractivity contribution >= 4 is 21.6 Å². The number of benzene rings is 1. The summed E-state index contributed by atoms with van der Waals surface area (Å²) in [6, 6.07) is 6.99. The summed E-state index contributed by atoms with van der Waals surface area (Å²) in [7, 11) is -3.71. The number of unbranched alkanes of at least 4 members (excludes halogenated alkanes) is 1. The van der Waals surface area contributed by atoms with Gasteiger partial charge in [-0.3, -0.25) is 9.59 Å². The molecule has 0 unspecified atom stereocenters. The minimum absolute atomic E-state index is 0.0511. The molecule has 31 heavy (non-hydrogen) atoms. The number of nitrogens with one attached hydrogen (secondary N) is 1. The van der Waals surface area contributed by atoms with Crippen LogP contribution in [-0.4, -0.2) is 48.1 Å². The van der Waals surface area contributed by atoms with Crippen LogP contribution in [0.4, 0.5) is 5.69 Å². The summed E-state index contributed by atoms with van der Waals surface area (Å²) in [6.45, 7) is 8.72. The van der Waals surface area contributed by atoms with Crippen molar-refractivity contribution in [2.75, 3.05) is 25.0 Å². The molecule has 0 saturated heterocycles. The van der Waals surface area contributed by atoms with Crippen LogP contribution in [-0.2, 0) is 16.6 Å². The van der Waals surface area contributed by atoms with Crippen LogP contribution in [0.15, 0.2) is 40.0 Å². The van der Waals surface area contributed by atoms with Crippen molar-refractivity contribution in [2.24, 2.45) is 0 Å². The molecule has 0 aliphatic heterocycles. The van der Waals surface area contributed by atoms with E-state index in [1.165, 1.54) is 39.3 Å². The van der Waals surface area contributed by atoms with E-state index in [4.69, 9.17) is 4.74 Å². The number of rotatable bonds is 11. The highest BCUT2D eigenvalue weighted by molar-refractivity contribution is 7.89. The third kappa shape index (κ3) is 5.92. The van der Waals surface area contributed by atoms with Crippen molar-refractivity contribution in [1.82, 2.24) is 14.1 Å². The number of anilines is 1. The Labute approximate surface area is 183 Å². The number of aromatic nitrogens is 2. The summed E-state index contributed by atoms with van der Waals surface area (Å²) in [5, 5.41) is 6.81. The van der Waals surface area contributed by atoms with E-state index in [1.54, 1.807) is 20.8 Å². The molecule has 0 bridgehead atoms. The predicted octanol–water partition coefficient (Wildman–Crippen LogP) is 2.72. The number of carbonyl (C=O) groups is 1. The first-order valence-electron chi connectivity index (χ1n) is 10.4. The predicted molar refractivity (Wildman–Crippen MR) is 119 cm³/mol. The summed E-state index contributed by atoms with van der Waals surface area (Å²) in [5.74, 6) is -0.225. The minimum atomic E-state index is -3.71. The molecular weight excluding hydrogens is 420 g/mol. The second-order valence-corrected chi connectivity index (χ2v) is 8.71. The number of carbonyl (C=O) groups excluding carboxylic acids is 1. The standard InChI is InChI=1S/C21H30N4O5S/c1-5-9-14-25-20(26)13-11-17(23-25)21(27)22-18-15-16(10-12-19(18)30-8-4)31(28,29)24(6-2)7-3/h10-13,15H,5-9,14H2,1-4H3,(H,22,27). The lowest BCUT2D eigenvalue weighted by Crippen LogP contribution is -2.30. The number of aryl methyl sites for hydroxylation is 1. The second-order valence-electron chi connectivity index (χ2n) is 6.77. The SMILES string of the molecule is CCCCn1nc(C(=O)Nc2cc(S(=O)(=O)N(CC)CC)ccc2OCC)ccc1=O. The van der Waals surface area contributed by atoms with Gasteiger partial charge in [0, 0.05) is 25.7 Å². The molecule has 0 saturated carbocycles. The lowest BCUT2D eigenvalue weighted by molar-refractivity contribution is 0.101. The number of nitrogens with zero attached hydrogens (tertiary/aromatic N) is 3. The van der Waals surface area contributed by atoms with E-state index in [-0.39, 0.29) is 21.8 Å². The van der Waals surface area contributed by atoms with Crippen LogP contribution >= 0.6 is 0 Å². The molecule has 0 radical (unpaired) electrons. The molecule has 0 atom stereocenters. The van der Waals surface area contributed by atoms with Crippen LogP contribution in [0.5, 0.6) is 5.75 Å². The average molecular weight is 451 g/mol. The van der Waals surface area contributed by atoms with Crippen LogP contribution in [0.3, 0.4) is 0 Å². The highest BCUT2D eigenvalue weighted by atomic mass is 32.2. The highest BCUT2D eigenvalue weighted by Gasteiger charge is 2.23. The van der Waals surface area contributed by atoms with E-state index in [1.807, 2.05) is 6.92 Å². The lowest BCUT2D eigenvalue weighted by Gasteiger charge is -2.20. The van der Waals surface area contributed by atoms with Gasteiger partial charge in [-0.25, -0.2) is 13.1 Å². The van der Waals surface area contributed by atoms with Crippen molar-refractivity contribution in [2.45, 2.75) is 52.0 Å². The monoisotopic (exact) mass is 450 g/mol.